The van der Waals surface area contributed by atoms with E-state index >= 15 is 0 Å². The summed E-state index contributed by atoms with van der Waals surface area (Å²) in [5, 5.41) is 6.32. The number of fused-ring (bicyclic) bond motifs is 1. The Morgan fingerprint density at radius 1 is 1.25 bits per heavy atom. The molecule has 0 spiro atoms. The van der Waals surface area contributed by atoms with Crippen molar-refractivity contribution in [3.63, 3.8) is 0 Å². The molecule has 1 amide bonds. The average Bonchev–Trinajstić information content (AvgIpc) is 2.80. The molecule has 1 saturated carbocycles. The first-order valence-electron chi connectivity index (χ1n) is 7.44. The Kier molecular flexibility index (Phi) is 5.40. The molecule has 3 unspecified atom stereocenters. The highest BCUT2D eigenvalue weighted by Crippen LogP contribution is 2.33. The molecule has 1 heterocycles. The van der Waals surface area contributed by atoms with Gasteiger partial charge in [-0.2, -0.15) is 0 Å². The third-order valence-corrected chi connectivity index (χ3v) is 4.92. The van der Waals surface area contributed by atoms with Crippen molar-refractivity contribution in [2.75, 3.05) is 19.3 Å². The predicted molar refractivity (Wildman–Crippen MR) is 77.8 cm³/mol. The van der Waals surface area contributed by atoms with Gasteiger partial charge >= 0.3 is 0 Å². The lowest BCUT2D eigenvalue weighted by Crippen LogP contribution is -2.43. The van der Waals surface area contributed by atoms with Crippen LogP contribution in [0.1, 0.15) is 38.5 Å². The molecule has 6 nitrogen and oxygen atoms in total. The minimum absolute atomic E-state index is 0.0544. The third kappa shape index (κ3) is 4.71. The van der Waals surface area contributed by atoms with E-state index in [-0.39, 0.29) is 11.9 Å². The van der Waals surface area contributed by atoms with E-state index in [9.17, 15) is 13.2 Å². The van der Waals surface area contributed by atoms with E-state index in [4.69, 9.17) is 0 Å². The summed E-state index contributed by atoms with van der Waals surface area (Å²) in [6, 6.07) is 0.456. The second-order valence-electron chi connectivity index (χ2n) is 5.92. The van der Waals surface area contributed by atoms with E-state index in [1.807, 2.05) is 0 Å². The lowest BCUT2D eigenvalue weighted by Gasteiger charge is -2.24. The van der Waals surface area contributed by atoms with Gasteiger partial charge in [0.1, 0.15) is 0 Å². The van der Waals surface area contributed by atoms with Crippen molar-refractivity contribution in [1.82, 2.24) is 15.4 Å². The highest BCUT2D eigenvalue weighted by Gasteiger charge is 2.37. The summed E-state index contributed by atoms with van der Waals surface area (Å²) in [5.74, 6) is 0.713. The molecule has 0 aromatic heterocycles. The maximum Gasteiger partial charge on any atom is 0.237 e. The van der Waals surface area contributed by atoms with Gasteiger partial charge in [0.05, 0.1) is 12.3 Å². The molecule has 1 aliphatic heterocycles. The number of nitrogens with one attached hydrogen (secondary N) is 3. The fourth-order valence-corrected chi connectivity index (χ4v) is 3.72. The van der Waals surface area contributed by atoms with Gasteiger partial charge in [-0.1, -0.05) is 12.8 Å². The zero-order valence-electron chi connectivity index (χ0n) is 12.0. The topological polar surface area (TPSA) is 87.3 Å². The monoisotopic (exact) mass is 303 g/mol. The zero-order chi connectivity index (χ0) is 14.6. The number of carbonyl (C=O) groups is 1. The molecule has 20 heavy (non-hydrogen) atoms. The normalized spacial score (nSPS) is 29.9. The van der Waals surface area contributed by atoms with Gasteiger partial charge in [0, 0.05) is 19.1 Å². The van der Waals surface area contributed by atoms with Crippen molar-refractivity contribution in [2.24, 2.45) is 5.92 Å². The second kappa shape index (κ2) is 6.87. The van der Waals surface area contributed by atoms with Gasteiger partial charge in [0.2, 0.25) is 15.9 Å². The SMILES string of the molecule is CS(=O)(=O)NCCCNC(=O)C1CC2CCCCC2N1. The van der Waals surface area contributed by atoms with Crippen LogP contribution in [-0.4, -0.2) is 45.8 Å². The molecule has 0 aromatic carbocycles. The van der Waals surface area contributed by atoms with Crippen molar-refractivity contribution < 1.29 is 13.2 Å². The Bertz CT molecular complexity index is 424. The van der Waals surface area contributed by atoms with E-state index in [1.54, 1.807) is 0 Å². The Balaban J connectivity index is 1.63. The highest BCUT2D eigenvalue weighted by atomic mass is 32.2. The number of sulfonamides is 1. The maximum absolute atomic E-state index is 12.0. The van der Waals surface area contributed by atoms with Gasteiger partial charge < -0.3 is 10.6 Å². The van der Waals surface area contributed by atoms with Crippen LogP contribution in [0.5, 0.6) is 0 Å². The first-order valence-corrected chi connectivity index (χ1v) is 9.33. The first-order chi connectivity index (χ1) is 9.46. The summed E-state index contributed by atoms with van der Waals surface area (Å²) in [4.78, 5) is 12.0. The third-order valence-electron chi connectivity index (χ3n) is 4.20. The molecule has 2 fully saturated rings. The lowest BCUT2D eigenvalue weighted by atomic mass is 9.85. The summed E-state index contributed by atoms with van der Waals surface area (Å²) in [6.45, 7) is 0.872. The smallest absolute Gasteiger partial charge is 0.237 e. The van der Waals surface area contributed by atoms with E-state index in [2.05, 4.69) is 15.4 Å². The molecule has 2 aliphatic rings. The van der Waals surface area contributed by atoms with Crippen molar-refractivity contribution in [1.29, 1.82) is 0 Å². The largest absolute Gasteiger partial charge is 0.355 e. The zero-order valence-corrected chi connectivity index (χ0v) is 12.8. The summed E-state index contributed by atoms with van der Waals surface area (Å²) >= 11 is 0. The van der Waals surface area contributed by atoms with Crippen LogP contribution in [0.15, 0.2) is 0 Å². The molecular weight excluding hydrogens is 278 g/mol. The van der Waals surface area contributed by atoms with Gasteiger partial charge in [-0.05, 0) is 31.6 Å². The van der Waals surface area contributed by atoms with Gasteiger partial charge in [-0.25, -0.2) is 13.1 Å². The van der Waals surface area contributed by atoms with Crippen LogP contribution in [-0.2, 0) is 14.8 Å². The maximum atomic E-state index is 12.0. The van der Waals surface area contributed by atoms with Gasteiger partial charge in [-0.15, -0.1) is 0 Å². The predicted octanol–water partition coefficient (Wildman–Crippen LogP) is -0.0374. The van der Waals surface area contributed by atoms with Crippen LogP contribution < -0.4 is 15.4 Å². The number of carbonyl (C=O) groups excluding carboxylic acids is 1. The summed E-state index contributed by atoms with van der Waals surface area (Å²) < 4.78 is 24.2. The fourth-order valence-electron chi connectivity index (χ4n) is 3.20. The van der Waals surface area contributed by atoms with E-state index in [0.29, 0.717) is 31.5 Å². The van der Waals surface area contributed by atoms with E-state index < -0.39 is 10.0 Å². The molecular formula is C13H25N3O3S. The molecule has 0 aromatic rings. The summed E-state index contributed by atoms with van der Waals surface area (Å²) in [7, 11) is -3.13. The molecule has 2 rings (SSSR count). The molecule has 1 saturated heterocycles. The van der Waals surface area contributed by atoms with Gasteiger partial charge in [0.15, 0.2) is 0 Å². The Morgan fingerprint density at radius 3 is 2.70 bits per heavy atom. The Morgan fingerprint density at radius 2 is 2.00 bits per heavy atom. The lowest BCUT2D eigenvalue weighted by molar-refractivity contribution is -0.122. The van der Waals surface area contributed by atoms with Crippen LogP contribution in [0.4, 0.5) is 0 Å². The van der Waals surface area contributed by atoms with Crippen molar-refractivity contribution >= 4 is 15.9 Å². The molecule has 3 atom stereocenters. The summed E-state index contributed by atoms with van der Waals surface area (Å²) in [5.41, 5.74) is 0. The minimum atomic E-state index is -3.13. The number of hydrogen-bond donors (Lipinski definition) is 3. The van der Waals surface area contributed by atoms with E-state index in [0.717, 1.165) is 12.7 Å². The van der Waals surface area contributed by atoms with Crippen molar-refractivity contribution in [2.45, 2.75) is 50.6 Å². The standard InChI is InChI=1S/C13H25N3O3S/c1-20(18,19)15-8-4-7-14-13(17)12-9-10-5-2-3-6-11(10)16-12/h10-12,15-16H,2-9H2,1H3,(H,14,17). The minimum Gasteiger partial charge on any atom is -0.355 e. The first kappa shape index (κ1) is 15.7. The van der Waals surface area contributed by atoms with Crippen LogP contribution >= 0.6 is 0 Å². The Hall–Kier alpha value is -0.660. The average molecular weight is 303 g/mol. The molecule has 1 aliphatic carbocycles. The van der Waals surface area contributed by atoms with Crippen LogP contribution in [0.3, 0.4) is 0 Å². The molecule has 116 valence electrons. The number of amides is 1. The Labute approximate surface area is 121 Å². The van der Waals surface area contributed by atoms with E-state index in [1.165, 1.54) is 25.7 Å². The highest BCUT2D eigenvalue weighted by molar-refractivity contribution is 7.88. The van der Waals surface area contributed by atoms with Crippen LogP contribution in [0, 0.1) is 5.92 Å². The number of rotatable bonds is 6. The molecule has 0 bridgehead atoms. The fraction of sp³-hybridized carbons (Fsp3) is 0.923. The molecule has 3 N–H and O–H groups in total. The van der Waals surface area contributed by atoms with Crippen LogP contribution in [0.2, 0.25) is 0 Å². The quantitative estimate of drug-likeness (QED) is 0.601. The van der Waals surface area contributed by atoms with Crippen molar-refractivity contribution in [3.8, 4) is 0 Å². The molecule has 0 radical (unpaired) electrons. The van der Waals surface area contributed by atoms with Gasteiger partial charge in [0.25, 0.3) is 0 Å². The second-order valence-corrected chi connectivity index (χ2v) is 7.75. The van der Waals surface area contributed by atoms with Crippen LogP contribution in [0.25, 0.3) is 0 Å². The van der Waals surface area contributed by atoms with Gasteiger partial charge in [-0.3, -0.25) is 4.79 Å². The number of hydrogen-bond acceptors (Lipinski definition) is 4. The van der Waals surface area contributed by atoms with Crippen molar-refractivity contribution in [3.05, 3.63) is 0 Å². The summed E-state index contributed by atoms with van der Waals surface area (Å²) in [6.07, 6.45) is 7.66. The molecule has 7 heteroatoms.